The van der Waals surface area contributed by atoms with Crippen LogP contribution in [0.1, 0.15) is 0 Å². The highest BCUT2D eigenvalue weighted by Gasteiger charge is 2.18. The number of nitrogen functional groups attached to an aromatic ring is 1. The Kier molecular flexibility index (Phi) is 4.08. The van der Waals surface area contributed by atoms with Gasteiger partial charge < -0.3 is 10.3 Å². The van der Waals surface area contributed by atoms with Crippen LogP contribution in [0.2, 0.25) is 0 Å². The molecule has 0 saturated heterocycles. The molecule has 138 valence electrons. The molecule has 3 N–H and O–H groups in total. The molecule has 2 aromatic heterocycles. The van der Waals surface area contributed by atoms with Crippen molar-refractivity contribution in [2.75, 3.05) is 10.5 Å². The Morgan fingerprint density at radius 2 is 2.04 bits per heavy atom. The van der Waals surface area contributed by atoms with E-state index in [0.717, 1.165) is 22.5 Å². The molecule has 0 amide bonds. The molecule has 10 heteroatoms. The number of anilines is 2. The maximum Gasteiger partial charge on any atom is 0.263 e. The van der Waals surface area contributed by atoms with Gasteiger partial charge in [0.05, 0.1) is 10.6 Å². The molecule has 27 heavy (non-hydrogen) atoms. The summed E-state index contributed by atoms with van der Waals surface area (Å²) < 4.78 is 46.9. The number of benzene rings is 2. The van der Waals surface area contributed by atoms with Crippen molar-refractivity contribution in [3.05, 3.63) is 54.7 Å². The first-order chi connectivity index (χ1) is 12.8. The van der Waals surface area contributed by atoms with E-state index >= 15 is 0 Å². The lowest BCUT2D eigenvalue weighted by molar-refractivity contribution is 0.601. The van der Waals surface area contributed by atoms with Gasteiger partial charge in [-0.25, -0.2) is 17.8 Å². The summed E-state index contributed by atoms with van der Waals surface area (Å²) in [7, 11) is -1.99. The molecular weight excluding hydrogens is 389 g/mol. The first-order valence-corrected chi connectivity index (χ1v) is 10.0. The highest BCUT2D eigenvalue weighted by molar-refractivity contribution is 7.93. The highest BCUT2D eigenvalue weighted by Crippen LogP contribution is 2.33. The Bertz CT molecular complexity index is 1250. The topological polar surface area (TPSA) is 103 Å². The summed E-state index contributed by atoms with van der Waals surface area (Å²) in [6.45, 7) is 0. The van der Waals surface area contributed by atoms with Gasteiger partial charge in [0, 0.05) is 41.2 Å². The van der Waals surface area contributed by atoms with Crippen LogP contribution in [0.4, 0.5) is 15.2 Å². The van der Waals surface area contributed by atoms with Crippen LogP contribution in [0.15, 0.2) is 53.8 Å². The first-order valence-electron chi connectivity index (χ1n) is 7.79. The van der Waals surface area contributed by atoms with Gasteiger partial charge in [-0.1, -0.05) is 12.1 Å². The summed E-state index contributed by atoms with van der Waals surface area (Å²) >= 11 is 0.953. The number of aryl methyl sites for hydroxylation is 1. The molecule has 2 heterocycles. The zero-order chi connectivity index (χ0) is 19.2. The van der Waals surface area contributed by atoms with E-state index in [2.05, 4.69) is 14.1 Å². The van der Waals surface area contributed by atoms with Gasteiger partial charge in [0.25, 0.3) is 10.0 Å². The van der Waals surface area contributed by atoms with Crippen LogP contribution in [0, 0.1) is 5.82 Å². The molecule has 4 aromatic rings. The second-order valence-corrected chi connectivity index (χ2v) is 8.38. The van der Waals surface area contributed by atoms with E-state index in [0.29, 0.717) is 11.1 Å². The van der Waals surface area contributed by atoms with Crippen LogP contribution in [-0.4, -0.2) is 22.3 Å². The number of aromatic nitrogens is 3. The number of sulfonamides is 1. The van der Waals surface area contributed by atoms with E-state index in [1.54, 1.807) is 29.8 Å². The van der Waals surface area contributed by atoms with Gasteiger partial charge >= 0.3 is 0 Å². The number of nitrogens with one attached hydrogen (secondary N) is 1. The second kappa shape index (κ2) is 6.32. The van der Waals surface area contributed by atoms with E-state index in [-0.39, 0.29) is 15.7 Å². The fourth-order valence-electron chi connectivity index (χ4n) is 2.85. The fraction of sp³-hybridized carbons (Fsp3) is 0.0588. The lowest BCUT2D eigenvalue weighted by Gasteiger charge is -2.06. The molecule has 0 aliphatic rings. The number of rotatable bonds is 4. The van der Waals surface area contributed by atoms with Crippen LogP contribution in [0.5, 0.6) is 0 Å². The number of hydrogen-bond donors (Lipinski definition) is 2. The third-order valence-electron chi connectivity index (χ3n) is 4.17. The van der Waals surface area contributed by atoms with Gasteiger partial charge in [-0.2, -0.15) is 4.37 Å². The minimum absolute atomic E-state index is 0.0788. The van der Waals surface area contributed by atoms with Crippen LogP contribution < -0.4 is 10.5 Å². The first kappa shape index (κ1) is 17.4. The van der Waals surface area contributed by atoms with Crippen molar-refractivity contribution in [2.24, 2.45) is 7.05 Å². The minimum atomic E-state index is -3.79. The average Bonchev–Trinajstić information content (AvgIpc) is 3.25. The number of nitrogens with zero attached hydrogens (tertiary/aromatic N) is 3. The average molecular weight is 403 g/mol. The molecule has 0 spiro atoms. The zero-order valence-electron chi connectivity index (χ0n) is 14.0. The Hall–Kier alpha value is -2.98. The second-order valence-electron chi connectivity index (χ2n) is 5.92. The van der Waals surface area contributed by atoms with Crippen molar-refractivity contribution in [2.45, 2.75) is 4.90 Å². The van der Waals surface area contributed by atoms with E-state index in [9.17, 15) is 12.8 Å². The molecular formula is C17H14FN5O2S2. The molecule has 4 rings (SSSR count). The quantitative estimate of drug-likeness (QED) is 0.509. The fourth-order valence-corrected chi connectivity index (χ4v) is 4.53. The molecule has 2 aromatic carbocycles. The highest BCUT2D eigenvalue weighted by atomic mass is 32.2. The van der Waals surface area contributed by atoms with Crippen molar-refractivity contribution < 1.29 is 12.8 Å². The van der Waals surface area contributed by atoms with Gasteiger partial charge in [-0.05, 0) is 29.8 Å². The van der Waals surface area contributed by atoms with Crippen molar-refractivity contribution >= 4 is 43.3 Å². The molecule has 0 aliphatic heterocycles. The summed E-state index contributed by atoms with van der Waals surface area (Å²) in [4.78, 5) is 3.93. The van der Waals surface area contributed by atoms with Gasteiger partial charge in [-0.15, -0.1) is 0 Å². The van der Waals surface area contributed by atoms with E-state index in [1.165, 1.54) is 24.5 Å². The molecule has 0 radical (unpaired) electrons. The maximum absolute atomic E-state index is 13.8. The Labute approximate surface area is 158 Å². The van der Waals surface area contributed by atoms with E-state index < -0.39 is 15.8 Å². The monoisotopic (exact) mass is 403 g/mol. The standard InChI is InChI=1S/C17H14FN5O2S2/c1-23-8-13(10-2-5-15(19)14(18)6-10)12-4-3-11(7-16(12)23)27(24,25)22-17-20-9-21-26-17/h2-9H,19H2,1H3,(H,20,21,22). The summed E-state index contributed by atoms with van der Waals surface area (Å²) in [5.74, 6) is -0.495. The van der Waals surface area contributed by atoms with Crippen LogP contribution in [0.25, 0.3) is 22.0 Å². The van der Waals surface area contributed by atoms with Crippen LogP contribution in [0.3, 0.4) is 0 Å². The summed E-state index contributed by atoms with van der Waals surface area (Å²) in [6, 6.07) is 9.38. The molecule has 0 aliphatic carbocycles. The number of hydrogen-bond acceptors (Lipinski definition) is 6. The SMILES string of the molecule is Cn1cc(-c2ccc(N)c(F)c2)c2ccc(S(=O)(=O)Nc3ncns3)cc21. The molecule has 0 atom stereocenters. The molecule has 0 saturated carbocycles. The smallest absolute Gasteiger partial charge is 0.263 e. The van der Waals surface area contributed by atoms with Gasteiger partial charge in [0.2, 0.25) is 5.13 Å². The Balaban J connectivity index is 1.80. The molecule has 7 nitrogen and oxygen atoms in total. The Morgan fingerprint density at radius 3 is 2.74 bits per heavy atom. The zero-order valence-corrected chi connectivity index (χ0v) is 15.7. The third kappa shape index (κ3) is 3.13. The summed E-state index contributed by atoms with van der Waals surface area (Å²) in [6.07, 6.45) is 3.10. The van der Waals surface area contributed by atoms with Crippen molar-refractivity contribution in [1.82, 2.24) is 13.9 Å². The van der Waals surface area contributed by atoms with Gasteiger partial charge in [-0.3, -0.25) is 4.72 Å². The number of halogens is 1. The normalized spacial score (nSPS) is 11.8. The predicted octanol–water partition coefficient (Wildman–Crippen LogP) is 3.22. The van der Waals surface area contributed by atoms with Crippen LogP contribution >= 0.6 is 11.5 Å². The van der Waals surface area contributed by atoms with Gasteiger partial charge in [0.1, 0.15) is 12.1 Å². The van der Waals surface area contributed by atoms with Crippen LogP contribution in [-0.2, 0) is 17.1 Å². The lowest BCUT2D eigenvalue weighted by atomic mass is 10.0. The minimum Gasteiger partial charge on any atom is -0.396 e. The maximum atomic E-state index is 13.8. The van der Waals surface area contributed by atoms with Crippen molar-refractivity contribution in [1.29, 1.82) is 0 Å². The molecule has 0 fully saturated rings. The lowest BCUT2D eigenvalue weighted by Crippen LogP contribution is -2.12. The van der Waals surface area contributed by atoms with E-state index in [1.807, 2.05) is 6.20 Å². The third-order valence-corrected chi connectivity index (χ3v) is 6.21. The van der Waals surface area contributed by atoms with Crippen molar-refractivity contribution in [3.63, 3.8) is 0 Å². The molecule has 0 unspecified atom stereocenters. The summed E-state index contributed by atoms with van der Waals surface area (Å²) in [5.41, 5.74) is 7.77. The summed E-state index contributed by atoms with van der Waals surface area (Å²) in [5, 5.41) is 0.997. The molecule has 0 bridgehead atoms. The van der Waals surface area contributed by atoms with Crippen molar-refractivity contribution in [3.8, 4) is 11.1 Å². The number of fused-ring (bicyclic) bond motifs is 1. The Morgan fingerprint density at radius 1 is 1.22 bits per heavy atom. The van der Waals surface area contributed by atoms with E-state index in [4.69, 9.17) is 5.73 Å². The number of nitrogens with two attached hydrogens (primary N) is 1. The largest absolute Gasteiger partial charge is 0.396 e. The van der Waals surface area contributed by atoms with Gasteiger partial charge in [0.15, 0.2) is 0 Å². The predicted molar refractivity (Wildman–Crippen MR) is 103 cm³/mol.